The summed E-state index contributed by atoms with van der Waals surface area (Å²) >= 11 is 0. The zero-order valence-corrected chi connectivity index (χ0v) is 15.7. The molecule has 0 saturated carbocycles. The van der Waals surface area contributed by atoms with E-state index in [1.807, 2.05) is 0 Å². The number of hydrogen-bond acceptors (Lipinski definition) is 2. The Bertz CT molecular complexity index is 238. The second-order valence-electron chi connectivity index (χ2n) is 7.58. The van der Waals surface area contributed by atoms with Crippen LogP contribution in [0.3, 0.4) is 0 Å². The maximum atomic E-state index is 9.78. The fourth-order valence-electron chi connectivity index (χ4n) is 3.38. The molecule has 2 heteroatoms. The smallest absolute Gasteiger partial charge is 0.0834 e. The normalized spacial score (nSPS) is 18.3. The van der Waals surface area contributed by atoms with Gasteiger partial charge in [0.25, 0.3) is 0 Å². The lowest BCUT2D eigenvalue weighted by Crippen LogP contribution is -2.09. The minimum Gasteiger partial charge on any atom is -0.393 e. The fourth-order valence-corrected chi connectivity index (χ4v) is 3.38. The van der Waals surface area contributed by atoms with Crippen molar-refractivity contribution < 1.29 is 9.84 Å². The molecule has 0 bridgehead atoms. The lowest BCUT2D eigenvalue weighted by atomic mass is 10.0. The Morgan fingerprint density at radius 2 is 1.13 bits per heavy atom. The molecule has 1 N–H and O–H groups in total. The van der Waals surface area contributed by atoms with Crippen LogP contribution in [0.5, 0.6) is 0 Å². The number of aliphatic hydroxyl groups excluding tert-OH is 1. The Kier molecular flexibility index (Phi) is 14.1. The van der Waals surface area contributed by atoms with Gasteiger partial charge in [0.15, 0.2) is 0 Å². The van der Waals surface area contributed by atoms with Crippen molar-refractivity contribution in [1.82, 2.24) is 0 Å². The number of rotatable bonds is 18. The summed E-state index contributed by atoms with van der Waals surface area (Å²) in [5, 5.41) is 9.78. The Morgan fingerprint density at radius 1 is 0.739 bits per heavy atom. The number of hydrogen-bond donors (Lipinski definition) is 1. The van der Waals surface area contributed by atoms with E-state index in [2.05, 4.69) is 6.92 Å². The van der Waals surface area contributed by atoms with E-state index in [1.165, 1.54) is 96.3 Å². The second kappa shape index (κ2) is 15.4. The standard InChI is InChI=1S/C21H42O2/c1-2-3-4-5-6-7-8-9-10-11-12-13-14-15-16-17-20(22)18-21-19-23-21/h20-22H,2-19H2,1H3. The number of ether oxygens (including phenoxy) is 1. The van der Waals surface area contributed by atoms with Crippen molar-refractivity contribution in [3.05, 3.63) is 0 Å². The molecule has 1 rings (SSSR count). The molecule has 138 valence electrons. The summed E-state index contributed by atoms with van der Waals surface area (Å²) in [5.41, 5.74) is 0. The van der Waals surface area contributed by atoms with Gasteiger partial charge in [-0.2, -0.15) is 0 Å². The molecule has 1 saturated heterocycles. The van der Waals surface area contributed by atoms with Crippen molar-refractivity contribution in [2.24, 2.45) is 0 Å². The van der Waals surface area contributed by atoms with E-state index in [0.29, 0.717) is 6.10 Å². The van der Waals surface area contributed by atoms with Crippen LogP contribution in [0.4, 0.5) is 0 Å². The molecule has 1 fully saturated rings. The second-order valence-corrected chi connectivity index (χ2v) is 7.58. The van der Waals surface area contributed by atoms with E-state index in [9.17, 15) is 5.11 Å². The summed E-state index contributed by atoms with van der Waals surface area (Å²) in [6, 6.07) is 0. The molecule has 1 aliphatic heterocycles. The Balaban J connectivity index is 1.65. The Morgan fingerprint density at radius 3 is 1.52 bits per heavy atom. The third-order valence-corrected chi connectivity index (χ3v) is 5.08. The van der Waals surface area contributed by atoms with Gasteiger partial charge in [-0.25, -0.2) is 0 Å². The average Bonchev–Trinajstić information content (AvgIpc) is 3.35. The Labute approximate surface area is 145 Å². The first-order valence-electron chi connectivity index (χ1n) is 10.6. The molecule has 0 aromatic heterocycles. The molecule has 0 aromatic rings. The zero-order chi connectivity index (χ0) is 16.6. The monoisotopic (exact) mass is 326 g/mol. The van der Waals surface area contributed by atoms with Crippen LogP contribution in [0.15, 0.2) is 0 Å². The predicted octanol–water partition coefficient (Wildman–Crippen LogP) is 6.40. The molecule has 0 amide bonds. The maximum Gasteiger partial charge on any atom is 0.0834 e. The van der Waals surface area contributed by atoms with Gasteiger partial charge in [0.1, 0.15) is 0 Å². The summed E-state index contributed by atoms with van der Waals surface area (Å²) in [5.74, 6) is 0. The van der Waals surface area contributed by atoms with E-state index >= 15 is 0 Å². The molecule has 1 aliphatic rings. The summed E-state index contributed by atoms with van der Waals surface area (Å²) < 4.78 is 5.15. The molecule has 1 heterocycles. The highest BCUT2D eigenvalue weighted by Gasteiger charge is 2.25. The number of epoxide rings is 1. The Hall–Kier alpha value is -0.0800. The third kappa shape index (κ3) is 15.2. The molecule has 0 aromatic carbocycles. The third-order valence-electron chi connectivity index (χ3n) is 5.08. The van der Waals surface area contributed by atoms with Crippen molar-refractivity contribution in [2.75, 3.05) is 6.61 Å². The molecule has 23 heavy (non-hydrogen) atoms. The predicted molar refractivity (Wildman–Crippen MR) is 99.9 cm³/mol. The van der Waals surface area contributed by atoms with E-state index in [-0.39, 0.29) is 6.10 Å². The lowest BCUT2D eigenvalue weighted by Gasteiger charge is -2.08. The van der Waals surface area contributed by atoms with E-state index < -0.39 is 0 Å². The molecule has 2 atom stereocenters. The van der Waals surface area contributed by atoms with Crippen LogP contribution in [-0.2, 0) is 4.74 Å². The van der Waals surface area contributed by atoms with Gasteiger partial charge in [0.05, 0.1) is 18.8 Å². The van der Waals surface area contributed by atoms with Gasteiger partial charge in [-0.05, 0) is 6.42 Å². The largest absolute Gasteiger partial charge is 0.393 e. The first-order valence-corrected chi connectivity index (χ1v) is 10.6. The molecule has 0 aliphatic carbocycles. The van der Waals surface area contributed by atoms with Crippen LogP contribution in [0, 0.1) is 0 Å². The number of unbranched alkanes of at least 4 members (excludes halogenated alkanes) is 14. The van der Waals surface area contributed by atoms with Crippen LogP contribution < -0.4 is 0 Å². The van der Waals surface area contributed by atoms with Crippen molar-refractivity contribution in [2.45, 2.75) is 128 Å². The van der Waals surface area contributed by atoms with Crippen molar-refractivity contribution in [3.8, 4) is 0 Å². The van der Waals surface area contributed by atoms with Gasteiger partial charge in [0, 0.05) is 6.42 Å². The molecule has 0 radical (unpaired) electrons. The summed E-state index contributed by atoms with van der Waals surface area (Å²) in [6.45, 7) is 3.16. The topological polar surface area (TPSA) is 32.8 Å². The highest BCUT2D eigenvalue weighted by Crippen LogP contribution is 2.19. The van der Waals surface area contributed by atoms with Crippen LogP contribution in [0.1, 0.15) is 116 Å². The van der Waals surface area contributed by atoms with Crippen molar-refractivity contribution in [1.29, 1.82) is 0 Å². The van der Waals surface area contributed by atoms with Crippen LogP contribution in [0.25, 0.3) is 0 Å². The summed E-state index contributed by atoms with van der Waals surface area (Å²) in [7, 11) is 0. The van der Waals surface area contributed by atoms with Gasteiger partial charge in [-0.15, -0.1) is 0 Å². The van der Waals surface area contributed by atoms with Crippen molar-refractivity contribution in [3.63, 3.8) is 0 Å². The lowest BCUT2D eigenvalue weighted by molar-refractivity contribution is 0.139. The zero-order valence-electron chi connectivity index (χ0n) is 15.7. The molecular weight excluding hydrogens is 284 g/mol. The quantitative estimate of drug-likeness (QED) is 0.233. The van der Waals surface area contributed by atoms with Gasteiger partial charge in [-0.1, -0.05) is 103 Å². The highest BCUT2D eigenvalue weighted by molar-refractivity contribution is 4.73. The average molecular weight is 327 g/mol. The van der Waals surface area contributed by atoms with Crippen LogP contribution in [0.2, 0.25) is 0 Å². The maximum absolute atomic E-state index is 9.78. The molecule has 0 spiro atoms. The molecule has 2 nitrogen and oxygen atoms in total. The van der Waals surface area contributed by atoms with E-state index in [1.54, 1.807) is 0 Å². The summed E-state index contributed by atoms with van der Waals surface area (Å²) in [6.07, 6.45) is 23.1. The minimum atomic E-state index is -0.121. The first-order chi connectivity index (χ1) is 11.3. The minimum absolute atomic E-state index is 0.121. The molecule has 2 unspecified atom stereocenters. The van der Waals surface area contributed by atoms with Gasteiger partial charge < -0.3 is 9.84 Å². The van der Waals surface area contributed by atoms with Crippen molar-refractivity contribution >= 4 is 0 Å². The first kappa shape index (κ1) is 21.0. The van der Waals surface area contributed by atoms with Gasteiger partial charge in [-0.3, -0.25) is 0 Å². The molecular formula is C21H42O2. The van der Waals surface area contributed by atoms with Gasteiger partial charge in [0.2, 0.25) is 0 Å². The highest BCUT2D eigenvalue weighted by atomic mass is 16.6. The van der Waals surface area contributed by atoms with Crippen LogP contribution >= 0.6 is 0 Å². The SMILES string of the molecule is CCCCCCCCCCCCCCCCCC(O)CC1CO1. The summed E-state index contributed by atoms with van der Waals surface area (Å²) in [4.78, 5) is 0. The fraction of sp³-hybridized carbons (Fsp3) is 1.00. The number of aliphatic hydroxyl groups is 1. The van der Waals surface area contributed by atoms with Crippen LogP contribution in [-0.4, -0.2) is 23.9 Å². The van der Waals surface area contributed by atoms with E-state index in [4.69, 9.17) is 4.74 Å². The van der Waals surface area contributed by atoms with E-state index in [0.717, 1.165) is 19.4 Å². The van der Waals surface area contributed by atoms with Gasteiger partial charge >= 0.3 is 0 Å².